The standard InChI is InChI=1S/C19H26N4O2/c1-20-19(21-9-8-18-3-2-12-25-18)22-15-16-4-6-17(7-5-16)23-10-13-24-14-11-23/h2-7,12H,8-11,13-15H2,1H3,(H2,20,21,22). The summed E-state index contributed by atoms with van der Waals surface area (Å²) >= 11 is 0. The molecule has 25 heavy (non-hydrogen) atoms. The quantitative estimate of drug-likeness (QED) is 0.621. The predicted molar refractivity (Wildman–Crippen MR) is 100 cm³/mol. The highest BCUT2D eigenvalue weighted by Gasteiger charge is 2.10. The van der Waals surface area contributed by atoms with E-state index in [-0.39, 0.29) is 0 Å². The number of ether oxygens (including phenoxy) is 1. The van der Waals surface area contributed by atoms with E-state index in [1.807, 2.05) is 12.1 Å². The normalized spacial score (nSPS) is 15.2. The summed E-state index contributed by atoms with van der Waals surface area (Å²) in [6.07, 6.45) is 2.53. The third-order valence-corrected chi connectivity index (χ3v) is 4.24. The van der Waals surface area contributed by atoms with Gasteiger partial charge >= 0.3 is 0 Å². The summed E-state index contributed by atoms with van der Waals surface area (Å²) in [6, 6.07) is 12.6. The van der Waals surface area contributed by atoms with Crippen molar-refractivity contribution in [2.24, 2.45) is 4.99 Å². The van der Waals surface area contributed by atoms with Crippen molar-refractivity contribution in [1.29, 1.82) is 0 Å². The third-order valence-electron chi connectivity index (χ3n) is 4.24. The van der Waals surface area contributed by atoms with Crippen molar-refractivity contribution in [3.63, 3.8) is 0 Å². The monoisotopic (exact) mass is 342 g/mol. The van der Waals surface area contributed by atoms with E-state index in [1.54, 1.807) is 13.3 Å². The largest absolute Gasteiger partial charge is 0.469 e. The van der Waals surface area contributed by atoms with Gasteiger partial charge in [-0.2, -0.15) is 0 Å². The van der Waals surface area contributed by atoms with Crippen LogP contribution in [0.2, 0.25) is 0 Å². The number of furan rings is 1. The molecule has 1 aromatic heterocycles. The zero-order valence-electron chi connectivity index (χ0n) is 14.7. The maximum absolute atomic E-state index is 5.40. The Morgan fingerprint density at radius 3 is 2.60 bits per heavy atom. The number of anilines is 1. The van der Waals surface area contributed by atoms with E-state index in [2.05, 4.69) is 44.8 Å². The lowest BCUT2D eigenvalue weighted by Crippen LogP contribution is -2.38. The maximum Gasteiger partial charge on any atom is 0.191 e. The van der Waals surface area contributed by atoms with Crippen LogP contribution in [0.3, 0.4) is 0 Å². The highest BCUT2D eigenvalue weighted by molar-refractivity contribution is 5.79. The predicted octanol–water partition coefficient (Wildman–Crippen LogP) is 2.02. The Hall–Kier alpha value is -2.47. The lowest BCUT2D eigenvalue weighted by atomic mass is 10.2. The molecule has 1 fully saturated rings. The van der Waals surface area contributed by atoms with Crippen molar-refractivity contribution < 1.29 is 9.15 Å². The number of aliphatic imine (C=N–C) groups is 1. The van der Waals surface area contributed by atoms with Crippen LogP contribution < -0.4 is 15.5 Å². The summed E-state index contributed by atoms with van der Waals surface area (Å²) < 4.78 is 10.7. The zero-order valence-corrected chi connectivity index (χ0v) is 14.7. The minimum absolute atomic E-state index is 0.740. The van der Waals surface area contributed by atoms with Crippen LogP contribution in [0.4, 0.5) is 5.69 Å². The number of nitrogens with one attached hydrogen (secondary N) is 2. The SMILES string of the molecule is CN=C(NCCc1ccco1)NCc1ccc(N2CCOCC2)cc1. The minimum Gasteiger partial charge on any atom is -0.469 e. The van der Waals surface area contributed by atoms with E-state index < -0.39 is 0 Å². The van der Waals surface area contributed by atoms with Gasteiger partial charge in [0.15, 0.2) is 5.96 Å². The number of benzene rings is 1. The van der Waals surface area contributed by atoms with Gasteiger partial charge in [-0.1, -0.05) is 12.1 Å². The van der Waals surface area contributed by atoms with Gasteiger partial charge in [0, 0.05) is 45.3 Å². The topological polar surface area (TPSA) is 62.0 Å². The Morgan fingerprint density at radius 1 is 1.12 bits per heavy atom. The van der Waals surface area contributed by atoms with Crippen molar-refractivity contribution in [3.8, 4) is 0 Å². The summed E-state index contributed by atoms with van der Waals surface area (Å²) in [6.45, 7) is 5.06. The van der Waals surface area contributed by atoms with Crippen LogP contribution in [0, 0.1) is 0 Å². The number of hydrogen-bond donors (Lipinski definition) is 2. The van der Waals surface area contributed by atoms with E-state index >= 15 is 0 Å². The lowest BCUT2D eigenvalue weighted by molar-refractivity contribution is 0.122. The van der Waals surface area contributed by atoms with Gasteiger partial charge in [-0.3, -0.25) is 4.99 Å². The molecule has 6 nitrogen and oxygen atoms in total. The second kappa shape index (κ2) is 9.13. The Labute approximate surface area is 148 Å². The molecule has 0 unspecified atom stereocenters. The van der Waals surface area contributed by atoms with Crippen LogP contribution in [0.1, 0.15) is 11.3 Å². The zero-order chi connectivity index (χ0) is 17.3. The molecular formula is C19H26N4O2. The van der Waals surface area contributed by atoms with Gasteiger partial charge in [-0.15, -0.1) is 0 Å². The highest BCUT2D eigenvalue weighted by Crippen LogP contribution is 2.16. The fourth-order valence-corrected chi connectivity index (χ4v) is 2.81. The Balaban J connectivity index is 1.43. The molecule has 1 aliphatic heterocycles. The van der Waals surface area contributed by atoms with E-state index in [9.17, 15) is 0 Å². The second-order valence-electron chi connectivity index (χ2n) is 5.95. The fraction of sp³-hybridized carbons (Fsp3) is 0.421. The molecule has 2 heterocycles. The van der Waals surface area contributed by atoms with Crippen molar-refractivity contribution in [2.75, 3.05) is 44.8 Å². The molecule has 0 aliphatic carbocycles. The van der Waals surface area contributed by atoms with Gasteiger partial charge in [0.25, 0.3) is 0 Å². The molecule has 1 aliphatic rings. The molecule has 2 aromatic rings. The van der Waals surface area contributed by atoms with E-state index in [0.29, 0.717) is 0 Å². The first-order valence-corrected chi connectivity index (χ1v) is 8.73. The number of guanidine groups is 1. The summed E-state index contributed by atoms with van der Waals surface area (Å²) in [7, 11) is 1.78. The smallest absolute Gasteiger partial charge is 0.191 e. The van der Waals surface area contributed by atoms with Crippen LogP contribution >= 0.6 is 0 Å². The van der Waals surface area contributed by atoms with Crippen molar-refractivity contribution in [1.82, 2.24) is 10.6 Å². The fourth-order valence-electron chi connectivity index (χ4n) is 2.81. The van der Waals surface area contributed by atoms with Crippen LogP contribution in [0.15, 0.2) is 52.1 Å². The Kier molecular flexibility index (Phi) is 6.34. The van der Waals surface area contributed by atoms with Crippen molar-refractivity contribution in [2.45, 2.75) is 13.0 Å². The molecule has 0 spiro atoms. The molecule has 134 valence electrons. The Bertz CT molecular complexity index is 647. The molecular weight excluding hydrogens is 316 g/mol. The van der Waals surface area contributed by atoms with E-state index in [4.69, 9.17) is 9.15 Å². The van der Waals surface area contributed by atoms with Gasteiger partial charge in [-0.25, -0.2) is 0 Å². The molecule has 0 saturated carbocycles. The number of morpholine rings is 1. The maximum atomic E-state index is 5.40. The summed E-state index contributed by atoms with van der Waals surface area (Å²) in [4.78, 5) is 6.61. The molecule has 0 amide bonds. The summed E-state index contributed by atoms with van der Waals surface area (Å²) in [5.41, 5.74) is 2.49. The van der Waals surface area contributed by atoms with E-state index in [0.717, 1.165) is 57.5 Å². The average molecular weight is 342 g/mol. The van der Waals surface area contributed by atoms with Crippen molar-refractivity contribution in [3.05, 3.63) is 54.0 Å². The van der Waals surface area contributed by atoms with Gasteiger partial charge in [0.1, 0.15) is 5.76 Å². The molecule has 1 saturated heterocycles. The minimum atomic E-state index is 0.740. The first kappa shape index (κ1) is 17.4. The van der Waals surface area contributed by atoms with E-state index in [1.165, 1.54) is 11.3 Å². The van der Waals surface area contributed by atoms with Crippen LogP contribution in [-0.4, -0.2) is 45.9 Å². The number of hydrogen-bond acceptors (Lipinski definition) is 4. The average Bonchev–Trinajstić information content (AvgIpc) is 3.19. The highest BCUT2D eigenvalue weighted by atomic mass is 16.5. The number of rotatable bonds is 6. The number of nitrogens with zero attached hydrogens (tertiary/aromatic N) is 2. The Morgan fingerprint density at radius 2 is 1.92 bits per heavy atom. The molecule has 1 aromatic carbocycles. The van der Waals surface area contributed by atoms with Gasteiger partial charge in [0.2, 0.25) is 0 Å². The lowest BCUT2D eigenvalue weighted by Gasteiger charge is -2.28. The van der Waals surface area contributed by atoms with Crippen LogP contribution in [0.5, 0.6) is 0 Å². The van der Waals surface area contributed by atoms with Gasteiger partial charge in [-0.05, 0) is 29.8 Å². The van der Waals surface area contributed by atoms with Crippen molar-refractivity contribution >= 4 is 11.6 Å². The molecule has 0 atom stereocenters. The molecule has 0 bridgehead atoms. The molecule has 0 radical (unpaired) electrons. The molecule has 2 N–H and O–H groups in total. The first-order chi connectivity index (χ1) is 12.3. The van der Waals surface area contributed by atoms with Crippen LogP contribution in [-0.2, 0) is 17.7 Å². The molecule has 6 heteroatoms. The molecule has 3 rings (SSSR count). The summed E-state index contributed by atoms with van der Waals surface area (Å²) in [5.74, 6) is 1.77. The summed E-state index contributed by atoms with van der Waals surface area (Å²) in [5, 5.41) is 6.64. The van der Waals surface area contributed by atoms with Gasteiger partial charge in [0.05, 0.1) is 19.5 Å². The van der Waals surface area contributed by atoms with Gasteiger partial charge < -0.3 is 24.7 Å². The first-order valence-electron chi connectivity index (χ1n) is 8.73. The second-order valence-corrected chi connectivity index (χ2v) is 5.95. The van der Waals surface area contributed by atoms with Crippen LogP contribution in [0.25, 0.3) is 0 Å². The third kappa shape index (κ3) is 5.26.